The average molecular weight is 330 g/mol. The molecule has 4 rings (SSSR count). The van der Waals surface area contributed by atoms with Gasteiger partial charge in [-0.25, -0.2) is 8.78 Å². The lowest BCUT2D eigenvalue weighted by atomic mass is 9.84. The highest BCUT2D eigenvalue weighted by Crippen LogP contribution is 2.37. The van der Waals surface area contributed by atoms with Gasteiger partial charge < -0.3 is 4.98 Å². The molecule has 126 valence electrons. The van der Waals surface area contributed by atoms with Gasteiger partial charge in [0.1, 0.15) is 0 Å². The number of aromatic amines is 2. The monoisotopic (exact) mass is 330 g/mol. The third-order valence-corrected chi connectivity index (χ3v) is 5.01. The summed E-state index contributed by atoms with van der Waals surface area (Å²) in [6, 6.07) is 4.10. The minimum atomic E-state index is -2.46. The highest BCUT2D eigenvalue weighted by atomic mass is 19.3. The van der Waals surface area contributed by atoms with Gasteiger partial charge in [-0.05, 0) is 44.2 Å². The predicted octanol–water partition coefficient (Wildman–Crippen LogP) is 4.63. The maximum absolute atomic E-state index is 13.3. The summed E-state index contributed by atoms with van der Waals surface area (Å²) in [6.07, 6.45) is 5.67. The molecule has 24 heavy (non-hydrogen) atoms. The van der Waals surface area contributed by atoms with Crippen molar-refractivity contribution in [3.8, 4) is 11.1 Å². The summed E-state index contributed by atoms with van der Waals surface area (Å²) < 4.78 is 26.5. The highest BCUT2D eigenvalue weighted by molar-refractivity contribution is 5.81. The van der Waals surface area contributed by atoms with Gasteiger partial charge in [-0.1, -0.05) is 0 Å². The van der Waals surface area contributed by atoms with Crippen LogP contribution in [0.15, 0.2) is 24.5 Å². The standard InChI is InChI=1S/C18H20F2N4/c1-11-15(10-22-24-11)13-7-17-16(21-9-13)8-14(23-17)6-12-2-4-18(19,20)5-3-12/h7-10,12,23H,2-6H2,1H3,(H,22,24). The van der Waals surface area contributed by atoms with Crippen molar-refractivity contribution in [3.05, 3.63) is 35.9 Å². The zero-order valence-electron chi connectivity index (χ0n) is 13.6. The first-order valence-electron chi connectivity index (χ1n) is 8.36. The van der Waals surface area contributed by atoms with Crippen LogP contribution in [0.1, 0.15) is 37.1 Å². The van der Waals surface area contributed by atoms with Gasteiger partial charge in [0.2, 0.25) is 5.92 Å². The Kier molecular flexibility index (Phi) is 3.62. The van der Waals surface area contributed by atoms with E-state index in [1.54, 1.807) is 6.20 Å². The summed E-state index contributed by atoms with van der Waals surface area (Å²) >= 11 is 0. The molecule has 3 aromatic rings. The van der Waals surface area contributed by atoms with Crippen molar-refractivity contribution in [1.82, 2.24) is 20.2 Å². The number of pyridine rings is 1. The molecule has 0 bridgehead atoms. The lowest BCUT2D eigenvalue weighted by Crippen LogP contribution is -2.25. The van der Waals surface area contributed by atoms with Gasteiger partial charge in [-0.2, -0.15) is 5.10 Å². The Morgan fingerprint density at radius 1 is 1.21 bits per heavy atom. The first kappa shape index (κ1) is 15.3. The second kappa shape index (κ2) is 5.69. The number of aryl methyl sites for hydroxylation is 1. The number of H-pyrrole nitrogens is 2. The van der Waals surface area contributed by atoms with E-state index < -0.39 is 5.92 Å². The van der Waals surface area contributed by atoms with Crippen LogP contribution in [0.25, 0.3) is 22.2 Å². The van der Waals surface area contributed by atoms with E-state index >= 15 is 0 Å². The molecule has 1 aliphatic carbocycles. The van der Waals surface area contributed by atoms with Crippen molar-refractivity contribution in [2.24, 2.45) is 5.92 Å². The van der Waals surface area contributed by atoms with Crippen LogP contribution in [-0.4, -0.2) is 26.1 Å². The van der Waals surface area contributed by atoms with E-state index in [0.29, 0.717) is 18.8 Å². The maximum atomic E-state index is 13.3. The zero-order valence-corrected chi connectivity index (χ0v) is 13.6. The molecule has 0 atom stereocenters. The Labute approximate surface area is 138 Å². The molecule has 3 heterocycles. The molecule has 0 amide bonds. The molecular formula is C18H20F2N4. The molecule has 0 saturated heterocycles. The minimum Gasteiger partial charge on any atom is -0.357 e. The Morgan fingerprint density at radius 3 is 2.71 bits per heavy atom. The lowest BCUT2D eigenvalue weighted by Gasteiger charge is -2.27. The number of fused-ring (bicyclic) bond motifs is 1. The van der Waals surface area contributed by atoms with Crippen LogP contribution in [0.3, 0.4) is 0 Å². The second-order valence-electron chi connectivity index (χ2n) is 6.86. The van der Waals surface area contributed by atoms with Gasteiger partial charge in [0, 0.05) is 41.6 Å². The van der Waals surface area contributed by atoms with Crippen molar-refractivity contribution < 1.29 is 8.78 Å². The van der Waals surface area contributed by atoms with Gasteiger partial charge in [-0.15, -0.1) is 0 Å². The number of nitrogens with zero attached hydrogens (tertiary/aromatic N) is 2. The van der Waals surface area contributed by atoms with Gasteiger partial charge in [-0.3, -0.25) is 10.1 Å². The van der Waals surface area contributed by atoms with Gasteiger partial charge >= 0.3 is 0 Å². The molecule has 0 spiro atoms. The zero-order chi connectivity index (χ0) is 16.7. The predicted molar refractivity (Wildman–Crippen MR) is 89.0 cm³/mol. The van der Waals surface area contributed by atoms with Crippen LogP contribution < -0.4 is 0 Å². The van der Waals surface area contributed by atoms with E-state index in [0.717, 1.165) is 40.0 Å². The Bertz CT molecular complexity index is 855. The van der Waals surface area contributed by atoms with E-state index in [-0.39, 0.29) is 12.8 Å². The number of alkyl halides is 2. The second-order valence-corrected chi connectivity index (χ2v) is 6.86. The molecule has 0 unspecified atom stereocenters. The van der Waals surface area contributed by atoms with Crippen LogP contribution in [-0.2, 0) is 6.42 Å². The van der Waals surface area contributed by atoms with Crippen LogP contribution >= 0.6 is 0 Å². The van der Waals surface area contributed by atoms with Crippen LogP contribution in [0.5, 0.6) is 0 Å². The smallest absolute Gasteiger partial charge is 0.248 e. The minimum absolute atomic E-state index is 0.0139. The Morgan fingerprint density at radius 2 is 2.00 bits per heavy atom. The van der Waals surface area contributed by atoms with E-state index in [2.05, 4.69) is 26.2 Å². The van der Waals surface area contributed by atoms with Gasteiger partial charge in [0.15, 0.2) is 0 Å². The van der Waals surface area contributed by atoms with Crippen molar-refractivity contribution in [2.45, 2.75) is 45.0 Å². The van der Waals surface area contributed by atoms with Crippen molar-refractivity contribution in [3.63, 3.8) is 0 Å². The number of hydrogen-bond donors (Lipinski definition) is 2. The van der Waals surface area contributed by atoms with E-state index in [9.17, 15) is 8.78 Å². The first-order chi connectivity index (χ1) is 11.5. The Hall–Kier alpha value is -2.24. The fraction of sp³-hybridized carbons (Fsp3) is 0.444. The fourth-order valence-electron chi connectivity index (χ4n) is 3.58. The Balaban J connectivity index is 1.54. The summed E-state index contributed by atoms with van der Waals surface area (Å²) in [5.41, 5.74) is 6.02. The molecular weight excluding hydrogens is 310 g/mol. The van der Waals surface area contributed by atoms with E-state index in [1.165, 1.54) is 0 Å². The van der Waals surface area contributed by atoms with Gasteiger partial charge in [0.25, 0.3) is 0 Å². The summed E-state index contributed by atoms with van der Waals surface area (Å²) in [7, 11) is 0. The van der Waals surface area contributed by atoms with E-state index in [4.69, 9.17) is 0 Å². The summed E-state index contributed by atoms with van der Waals surface area (Å²) in [6.45, 7) is 1.98. The lowest BCUT2D eigenvalue weighted by molar-refractivity contribution is -0.0457. The largest absolute Gasteiger partial charge is 0.357 e. The quantitative estimate of drug-likeness (QED) is 0.735. The van der Waals surface area contributed by atoms with Crippen molar-refractivity contribution in [1.29, 1.82) is 0 Å². The van der Waals surface area contributed by atoms with Crippen LogP contribution in [0.2, 0.25) is 0 Å². The molecule has 1 fully saturated rings. The number of halogens is 2. The molecule has 2 N–H and O–H groups in total. The molecule has 0 aromatic carbocycles. The third kappa shape index (κ3) is 2.92. The van der Waals surface area contributed by atoms with Crippen molar-refractivity contribution >= 4 is 11.0 Å². The summed E-state index contributed by atoms with van der Waals surface area (Å²) in [4.78, 5) is 7.93. The molecule has 4 nitrogen and oxygen atoms in total. The molecule has 6 heteroatoms. The number of aromatic nitrogens is 4. The molecule has 1 saturated carbocycles. The summed E-state index contributed by atoms with van der Waals surface area (Å²) in [5, 5.41) is 6.98. The molecule has 0 aliphatic heterocycles. The normalized spacial score (nSPS) is 18.3. The number of rotatable bonds is 3. The van der Waals surface area contributed by atoms with Crippen LogP contribution in [0, 0.1) is 12.8 Å². The average Bonchev–Trinajstić information content (AvgIpc) is 3.14. The topological polar surface area (TPSA) is 57.4 Å². The number of hydrogen-bond acceptors (Lipinski definition) is 2. The fourth-order valence-corrected chi connectivity index (χ4v) is 3.58. The van der Waals surface area contributed by atoms with Crippen LogP contribution in [0.4, 0.5) is 8.78 Å². The molecule has 0 radical (unpaired) electrons. The van der Waals surface area contributed by atoms with Crippen molar-refractivity contribution in [2.75, 3.05) is 0 Å². The maximum Gasteiger partial charge on any atom is 0.248 e. The highest BCUT2D eigenvalue weighted by Gasteiger charge is 2.34. The molecule has 1 aliphatic rings. The van der Waals surface area contributed by atoms with Gasteiger partial charge in [0.05, 0.1) is 17.2 Å². The number of nitrogens with one attached hydrogen (secondary N) is 2. The third-order valence-electron chi connectivity index (χ3n) is 5.01. The molecule has 3 aromatic heterocycles. The first-order valence-corrected chi connectivity index (χ1v) is 8.36. The SMILES string of the molecule is Cc1[nH]ncc1-c1cnc2cc(CC3CCC(F)(F)CC3)[nH]c2c1. The van der Waals surface area contributed by atoms with E-state index in [1.807, 2.05) is 19.2 Å². The summed E-state index contributed by atoms with van der Waals surface area (Å²) in [5.74, 6) is -2.14.